The van der Waals surface area contributed by atoms with E-state index in [1.165, 1.54) is 6.42 Å². The first kappa shape index (κ1) is 18.1. The first-order chi connectivity index (χ1) is 12.8. The summed E-state index contributed by atoms with van der Waals surface area (Å²) in [6.07, 6.45) is 4.85. The predicted octanol–water partition coefficient (Wildman–Crippen LogP) is -1.89. The van der Waals surface area contributed by atoms with E-state index < -0.39 is 29.6 Å². The van der Waals surface area contributed by atoms with Gasteiger partial charge in [-0.05, 0) is 12.8 Å². The number of aliphatic hydroxyl groups is 2. The Balaban J connectivity index is 1.47. The van der Waals surface area contributed by atoms with Crippen LogP contribution in [0.15, 0.2) is 9.98 Å². The third-order valence-corrected chi connectivity index (χ3v) is 6.00. The second-order valence-corrected chi connectivity index (χ2v) is 7.70. The Kier molecular flexibility index (Phi) is 4.30. The maximum absolute atomic E-state index is 12.1. The van der Waals surface area contributed by atoms with E-state index in [0.717, 1.165) is 25.7 Å². The summed E-state index contributed by atoms with van der Waals surface area (Å²) in [6.45, 7) is 0.207. The van der Waals surface area contributed by atoms with Crippen LogP contribution in [0.1, 0.15) is 38.5 Å². The molecule has 4 aliphatic rings. The maximum atomic E-state index is 12.1. The van der Waals surface area contributed by atoms with Crippen LogP contribution in [0.3, 0.4) is 0 Å². The zero-order valence-corrected chi connectivity index (χ0v) is 15.1. The Bertz CT molecular complexity index is 676. The number of hydrogen-bond acceptors (Lipinski definition) is 10. The van der Waals surface area contributed by atoms with Gasteiger partial charge in [-0.25, -0.2) is 14.8 Å². The van der Waals surface area contributed by atoms with Gasteiger partial charge in [0.05, 0.1) is 0 Å². The number of nitrogens with one attached hydrogen (secondary N) is 2. The van der Waals surface area contributed by atoms with Gasteiger partial charge in [0.1, 0.15) is 18.7 Å². The zero-order valence-electron chi connectivity index (χ0n) is 15.1. The number of carbonyl (C=O) groups excluding carboxylic acids is 1. The lowest BCUT2D eigenvalue weighted by atomic mass is 9.87. The molecule has 1 saturated carbocycles. The van der Waals surface area contributed by atoms with Crippen molar-refractivity contribution < 1.29 is 19.7 Å². The van der Waals surface area contributed by atoms with Gasteiger partial charge < -0.3 is 42.0 Å². The van der Waals surface area contributed by atoms with Gasteiger partial charge in [-0.15, -0.1) is 0 Å². The molecule has 3 atom stereocenters. The van der Waals surface area contributed by atoms with Crippen LogP contribution < -0.4 is 22.1 Å². The average molecular weight is 381 g/mol. The Morgan fingerprint density at radius 2 is 2.04 bits per heavy atom. The lowest BCUT2D eigenvalue weighted by Gasteiger charge is -2.48. The Morgan fingerprint density at radius 1 is 1.30 bits per heavy atom. The molecule has 1 saturated heterocycles. The molecule has 2 unspecified atom stereocenters. The minimum absolute atomic E-state index is 0.0608. The minimum atomic E-state index is -2.11. The van der Waals surface area contributed by atoms with Crippen LogP contribution in [-0.2, 0) is 4.74 Å². The lowest BCUT2D eigenvalue weighted by Crippen LogP contribution is -2.76. The van der Waals surface area contributed by atoms with E-state index in [-0.39, 0.29) is 31.0 Å². The summed E-state index contributed by atoms with van der Waals surface area (Å²) in [7, 11) is 0. The van der Waals surface area contributed by atoms with Crippen molar-refractivity contribution in [2.24, 2.45) is 21.5 Å². The zero-order chi connectivity index (χ0) is 19.2. The number of amides is 1. The molecular weight excluding hydrogens is 354 g/mol. The van der Waals surface area contributed by atoms with E-state index >= 15 is 0 Å². The van der Waals surface area contributed by atoms with Crippen molar-refractivity contribution in [3.8, 4) is 0 Å². The van der Waals surface area contributed by atoms with Crippen LogP contribution in [-0.4, -0.2) is 75.9 Å². The second-order valence-electron chi connectivity index (χ2n) is 7.70. The molecule has 4 rings (SSSR count). The first-order valence-electron chi connectivity index (χ1n) is 9.44. The highest BCUT2D eigenvalue weighted by Gasteiger charge is 2.69. The molecule has 27 heavy (non-hydrogen) atoms. The predicted molar refractivity (Wildman–Crippen MR) is 96.5 cm³/mol. The molecule has 1 amide bonds. The molecule has 0 radical (unpaired) electrons. The van der Waals surface area contributed by atoms with Gasteiger partial charge in [0.2, 0.25) is 5.79 Å². The number of guanidine groups is 2. The van der Waals surface area contributed by atoms with Gasteiger partial charge in [0.25, 0.3) is 0 Å². The van der Waals surface area contributed by atoms with Gasteiger partial charge in [-0.2, -0.15) is 0 Å². The number of nitrogens with two attached hydrogens (primary N) is 2. The lowest BCUT2D eigenvalue weighted by molar-refractivity contribution is -0.221. The maximum Gasteiger partial charge on any atom is 0.407 e. The first-order valence-corrected chi connectivity index (χ1v) is 9.44. The van der Waals surface area contributed by atoms with Gasteiger partial charge in [-0.3, -0.25) is 0 Å². The van der Waals surface area contributed by atoms with Crippen molar-refractivity contribution in [1.29, 1.82) is 0 Å². The number of ether oxygens (including phenoxy) is 1. The van der Waals surface area contributed by atoms with E-state index in [4.69, 9.17) is 16.2 Å². The molecule has 3 heterocycles. The molecule has 1 aliphatic carbocycles. The summed E-state index contributed by atoms with van der Waals surface area (Å²) in [5, 5.41) is 26.9. The molecule has 150 valence electrons. The van der Waals surface area contributed by atoms with E-state index in [1.54, 1.807) is 4.90 Å². The number of rotatable bonds is 3. The van der Waals surface area contributed by atoms with Gasteiger partial charge in [0, 0.05) is 19.0 Å². The second kappa shape index (κ2) is 6.41. The van der Waals surface area contributed by atoms with Crippen LogP contribution in [0.4, 0.5) is 4.79 Å². The van der Waals surface area contributed by atoms with E-state index in [0.29, 0.717) is 6.54 Å². The summed E-state index contributed by atoms with van der Waals surface area (Å²) in [4.78, 5) is 22.4. The van der Waals surface area contributed by atoms with Crippen molar-refractivity contribution in [2.75, 3.05) is 13.2 Å². The third-order valence-electron chi connectivity index (χ3n) is 6.00. The van der Waals surface area contributed by atoms with Crippen molar-refractivity contribution in [3.63, 3.8) is 0 Å². The molecule has 0 aromatic rings. The highest BCUT2D eigenvalue weighted by Crippen LogP contribution is 2.44. The number of carbonyl (C=O) groups is 1. The number of alkyl carbamates (subject to hydrolysis) is 1. The minimum Gasteiger partial charge on any atom is -0.447 e. The topological polar surface area (TPSA) is 171 Å². The highest BCUT2D eigenvalue weighted by molar-refractivity contribution is 5.87. The molecule has 1 spiro atoms. The fourth-order valence-corrected chi connectivity index (χ4v) is 4.67. The van der Waals surface area contributed by atoms with Crippen LogP contribution in [0.25, 0.3) is 0 Å². The Labute approximate surface area is 156 Å². The molecule has 2 fully saturated rings. The largest absolute Gasteiger partial charge is 0.447 e. The van der Waals surface area contributed by atoms with E-state index in [2.05, 4.69) is 20.6 Å². The molecule has 11 heteroatoms. The van der Waals surface area contributed by atoms with Crippen molar-refractivity contribution in [2.45, 2.75) is 68.1 Å². The van der Waals surface area contributed by atoms with Crippen LogP contribution in [0, 0.1) is 0 Å². The number of hydrogen-bond donors (Lipinski definition) is 6. The smallest absolute Gasteiger partial charge is 0.407 e. The van der Waals surface area contributed by atoms with Crippen LogP contribution >= 0.6 is 0 Å². The van der Waals surface area contributed by atoms with Gasteiger partial charge in [0.15, 0.2) is 17.6 Å². The van der Waals surface area contributed by atoms with E-state index in [1.807, 2.05) is 0 Å². The Hall–Kier alpha value is -2.27. The SMILES string of the molecule is NC1=N[C@H]2C(COC(=O)NC3CCCCC3)N=C(N)N3CCC(O)(O)C23N1. The van der Waals surface area contributed by atoms with E-state index in [9.17, 15) is 15.0 Å². The average Bonchev–Trinajstić information content (AvgIpc) is 3.11. The number of nitrogens with zero attached hydrogens (tertiary/aromatic N) is 3. The summed E-state index contributed by atoms with van der Waals surface area (Å²) < 4.78 is 5.36. The summed E-state index contributed by atoms with van der Waals surface area (Å²) in [6, 6.07) is -1.29. The molecule has 8 N–H and O–H groups in total. The third kappa shape index (κ3) is 2.85. The fourth-order valence-electron chi connectivity index (χ4n) is 4.67. The normalized spacial score (nSPS) is 34.8. The molecule has 3 aliphatic heterocycles. The molecule has 11 nitrogen and oxygen atoms in total. The summed E-state index contributed by atoms with van der Waals surface area (Å²) >= 11 is 0. The molecule has 0 bridgehead atoms. The standard InChI is InChI=1S/C16H27N7O4/c17-12-21-11-10(8-27-14(24)19-9-4-2-1-3-5-9)20-13(18)23-7-6-15(25,26)16(11,23)22-12/h9-11,25-26H,1-8H2,(H2,18,20)(H,19,24)(H3,17,21,22)/t10?,11-,16?/m0/s1. The van der Waals surface area contributed by atoms with Crippen LogP contribution in [0.5, 0.6) is 0 Å². The van der Waals surface area contributed by atoms with Gasteiger partial charge in [-0.1, -0.05) is 19.3 Å². The molecule has 0 aromatic heterocycles. The number of aliphatic imine (C=N–C) groups is 2. The Morgan fingerprint density at radius 3 is 2.78 bits per heavy atom. The van der Waals surface area contributed by atoms with Crippen LogP contribution in [0.2, 0.25) is 0 Å². The van der Waals surface area contributed by atoms with Crippen molar-refractivity contribution >= 4 is 18.0 Å². The molecule has 0 aromatic carbocycles. The molecular formula is C16H27N7O4. The fraction of sp³-hybridized carbons (Fsp3) is 0.812. The highest BCUT2D eigenvalue weighted by atomic mass is 16.5. The van der Waals surface area contributed by atoms with Crippen molar-refractivity contribution in [1.82, 2.24) is 15.5 Å². The quantitative estimate of drug-likeness (QED) is 0.308. The van der Waals surface area contributed by atoms with Crippen molar-refractivity contribution in [3.05, 3.63) is 0 Å². The summed E-state index contributed by atoms with van der Waals surface area (Å²) in [5.41, 5.74) is 10.5. The summed E-state index contributed by atoms with van der Waals surface area (Å²) in [5.74, 6) is -1.90. The monoisotopic (exact) mass is 381 g/mol. The van der Waals surface area contributed by atoms with Gasteiger partial charge >= 0.3 is 6.09 Å².